The highest BCUT2D eigenvalue weighted by molar-refractivity contribution is 7.92. The molecule has 3 aromatic carbocycles. The lowest BCUT2D eigenvalue weighted by molar-refractivity contribution is -0.121. The molecule has 9 heteroatoms. The summed E-state index contributed by atoms with van der Waals surface area (Å²) in [5, 5.41) is 8.99. The minimum atomic E-state index is -3.84. The Balaban J connectivity index is 1.63. The Labute approximate surface area is 192 Å². The first kappa shape index (κ1) is 23.5. The number of hydrogen-bond acceptors (Lipinski definition) is 6. The van der Waals surface area contributed by atoms with E-state index >= 15 is 0 Å². The van der Waals surface area contributed by atoms with Crippen molar-refractivity contribution in [2.75, 3.05) is 22.8 Å². The topological polar surface area (TPSA) is 117 Å². The molecule has 8 nitrogen and oxygen atoms in total. The van der Waals surface area contributed by atoms with E-state index in [1.807, 2.05) is 13.0 Å². The summed E-state index contributed by atoms with van der Waals surface area (Å²) in [6, 6.07) is 22.5. The SMILES string of the molecule is Cc1ccc(NS(=O)(=O)c2ccc(C(=O)OCC(=O)N(CC#N)c3ccccc3)cc2)cc1. The van der Waals surface area contributed by atoms with Crippen LogP contribution in [0.2, 0.25) is 0 Å². The van der Waals surface area contributed by atoms with Crippen LogP contribution >= 0.6 is 0 Å². The van der Waals surface area contributed by atoms with Gasteiger partial charge in [-0.05, 0) is 55.5 Å². The van der Waals surface area contributed by atoms with Crippen LogP contribution in [0.3, 0.4) is 0 Å². The fourth-order valence-electron chi connectivity index (χ4n) is 2.90. The third-order valence-electron chi connectivity index (χ3n) is 4.63. The number of carbonyl (C=O) groups excluding carboxylic acids is 2. The lowest BCUT2D eigenvalue weighted by Crippen LogP contribution is -2.35. The molecule has 0 saturated carbocycles. The molecular formula is C24H21N3O5S. The predicted molar refractivity (Wildman–Crippen MR) is 123 cm³/mol. The van der Waals surface area contributed by atoms with Crippen molar-refractivity contribution in [3.8, 4) is 6.07 Å². The van der Waals surface area contributed by atoms with Gasteiger partial charge in [0.1, 0.15) is 6.54 Å². The van der Waals surface area contributed by atoms with Crippen molar-refractivity contribution in [3.05, 3.63) is 90.0 Å². The van der Waals surface area contributed by atoms with Crippen LogP contribution in [-0.2, 0) is 19.6 Å². The van der Waals surface area contributed by atoms with Crippen molar-refractivity contribution < 1.29 is 22.7 Å². The summed E-state index contributed by atoms with van der Waals surface area (Å²) < 4.78 is 32.6. The molecule has 0 aromatic heterocycles. The zero-order valence-electron chi connectivity index (χ0n) is 17.8. The second-order valence-electron chi connectivity index (χ2n) is 7.05. The summed E-state index contributed by atoms with van der Waals surface area (Å²) >= 11 is 0. The number of esters is 1. The van der Waals surface area contributed by atoms with Gasteiger partial charge in [0.05, 0.1) is 16.5 Å². The number of carbonyl (C=O) groups is 2. The maximum atomic E-state index is 12.6. The number of nitrogens with one attached hydrogen (secondary N) is 1. The van der Waals surface area contributed by atoms with Crippen LogP contribution in [0.25, 0.3) is 0 Å². The van der Waals surface area contributed by atoms with Crippen LogP contribution in [-0.4, -0.2) is 33.4 Å². The molecule has 0 spiro atoms. The standard InChI is InChI=1S/C24H21N3O5S/c1-18-7-11-20(12-8-18)26-33(30,31)22-13-9-19(10-14-22)24(29)32-17-23(28)27(16-15-25)21-5-3-2-4-6-21/h2-14,26H,16-17H2,1H3. The molecule has 168 valence electrons. The van der Waals surface area contributed by atoms with Crippen LogP contribution in [0.1, 0.15) is 15.9 Å². The number of sulfonamides is 1. The van der Waals surface area contributed by atoms with Crippen molar-refractivity contribution >= 4 is 33.3 Å². The van der Waals surface area contributed by atoms with Crippen LogP contribution in [0.15, 0.2) is 83.8 Å². The van der Waals surface area contributed by atoms with Crippen LogP contribution < -0.4 is 9.62 Å². The number of benzene rings is 3. The number of hydrogen-bond donors (Lipinski definition) is 1. The third kappa shape index (κ3) is 6.18. The second-order valence-corrected chi connectivity index (χ2v) is 8.73. The predicted octanol–water partition coefficient (Wildman–Crippen LogP) is 3.51. The molecular weight excluding hydrogens is 442 g/mol. The van der Waals surface area contributed by atoms with Crippen molar-refractivity contribution in [1.29, 1.82) is 5.26 Å². The average Bonchev–Trinajstić information content (AvgIpc) is 2.82. The summed E-state index contributed by atoms with van der Waals surface area (Å²) in [7, 11) is -3.84. The van der Waals surface area contributed by atoms with Gasteiger partial charge in [-0.15, -0.1) is 0 Å². The Kier molecular flexibility index (Phi) is 7.43. The molecule has 0 aliphatic rings. The van der Waals surface area contributed by atoms with Crippen molar-refractivity contribution in [2.45, 2.75) is 11.8 Å². The van der Waals surface area contributed by atoms with Crippen LogP contribution in [0.4, 0.5) is 11.4 Å². The van der Waals surface area contributed by atoms with E-state index in [2.05, 4.69) is 4.72 Å². The molecule has 0 saturated heterocycles. The van der Waals surface area contributed by atoms with Crippen LogP contribution in [0.5, 0.6) is 0 Å². The van der Waals surface area contributed by atoms with E-state index in [1.165, 1.54) is 29.2 Å². The summed E-state index contributed by atoms with van der Waals surface area (Å²) in [4.78, 5) is 26.0. The van der Waals surface area contributed by atoms with Gasteiger partial charge in [-0.2, -0.15) is 5.26 Å². The van der Waals surface area contributed by atoms with Crippen molar-refractivity contribution in [1.82, 2.24) is 0 Å². The fraction of sp³-hybridized carbons (Fsp3) is 0.125. The fourth-order valence-corrected chi connectivity index (χ4v) is 3.96. The molecule has 0 fully saturated rings. The minimum absolute atomic E-state index is 0.0278. The molecule has 0 bridgehead atoms. The van der Waals surface area contributed by atoms with Gasteiger partial charge in [0.2, 0.25) is 0 Å². The molecule has 0 heterocycles. The normalized spacial score (nSPS) is 10.7. The highest BCUT2D eigenvalue weighted by atomic mass is 32.2. The maximum Gasteiger partial charge on any atom is 0.338 e. The lowest BCUT2D eigenvalue weighted by Gasteiger charge is -2.19. The number of ether oxygens (including phenoxy) is 1. The molecule has 3 rings (SSSR count). The number of nitriles is 1. The van der Waals surface area contributed by atoms with Gasteiger partial charge >= 0.3 is 5.97 Å². The zero-order valence-corrected chi connectivity index (χ0v) is 18.6. The Morgan fingerprint density at radius 1 is 0.970 bits per heavy atom. The molecule has 3 aromatic rings. The maximum absolute atomic E-state index is 12.6. The minimum Gasteiger partial charge on any atom is -0.452 e. The Bertz CT molecular complexity index is 1270. The van der Waals surface area contributed by atoms with E-state index in [4.69, 9.17) is 10.00 Å². The second kappa shape index (κ2) is 10.4. The quantitative estimate of drug-likeness (QED) is 0.404. The number of amides is 1. The smallest absolute Gasteiger partial charge is 0.338 e. The van der Waals surface area contributed by atoms with E-state index in [1.54, 1.807) is 54.6 Å². The van der Waals surface area contributed by atoms with Crippen LogP contribution in [0, 0.1) is 18.3 Å². The van der Waals surface area contributed by atoms with E-state index in [9.17, 15) is 18.0 Å². The first-order valence-electron chi connectivity index (χ1n) is 9.89. The van der Waals surface area contributed by atoms with Gasteiger partial charge in [0.25, 0.3) is 15.9 Å². The number of nitrogens with zero attached hydrogens (tertiary/aromatic N) is 2. The van der Waals surface area contributed by atoms with Gasteiger partial charge < -0.3 is 4.74 Å². The Hall–Kier alpha value is -4.16. The molecule has 0 radical (unpaired) electrons. The molecule has 1 amide bonds. The largest absolute Gasteiger partial charge is 0.452 e. The Morgan fingerprint density at radius 3 is 2.21 bits per heavy atom. The Morgan fingerprint density at radius 2 is 1.61 bits per heavy atom. The molecule has 0 atom stereocenters. The molecule has 33 heavy (non-hydrogen) atoms. The summed E-state index contributed by atoms with van der Waals surface area (Å²) in [5.74, 6) is -1.35. The van der Waals surface area contributed by atoms with Crippen molar-refractivity contribution in [2.24, 2.45) is 0 Å². The monoisotopic (exact) mass is 463 g/mol. The van der Waals surface area contributed by atoms with Gasteiger partial charge in [0.15, 0.2) is 6.61 Å². The summed E-state index contributed by atoms with van der Waals surface area (Å²) in [5.41, 5.74) is 2.01. The first-order valence-corrected chi connectivity index (χ1v) is 11.4. The average molecular weight is 464 g/mol. The highest BCUT2D eigenvalue weighted by Crippen LogP contribution is 2.18. The summed E-state index contributed by atoms with van der Waals surface area (Å²) in [6.45, 7) is 1.14. The van der Waals surface area contributed by atoms with Gasteiger partial charge in [-0.3, -0.25) is 14.4 Å². The van der Waals surface area contributed by atoms with Gasteiger partial charge in [0, 0.05) is 11.4 Å². The zero-order chi connectivity index (χ0) is 23.8. The lowest BCUT2D eigenvalue weighted by atomic mass is 10.2. The van der Waals surface area contributed by atoms with Crippen molar-refractivity contribution in [3.63, 3.8) is 0 Å². The number of aryl methyl sites for hydroxylation is 1. The number of para-hydroxylation sites is 1. The summed E-state index contributed by atoms with van der Waals surface area (Å²) in [6.07, 6.45) is 0. The number of anilines is 2. The van der Waals surface area contributed by atoms with Gasteiger partial charge in [-0.25, -0.2) is 13.2 Å². The third-order valence-corrected chi connectivity index (χ3v) is 6.03. The van der Waals surface area contributed by atoms with E-state index in [-0.39, 0.29) is 17.0 Å². The molecule has 1 N–H and O–H groups in total. The van der Waals surface area contributed by atoms with E-state index in [0.717, 1.165) is 5.56 Å². The van der Waals surface area contributed by atoms with E-state index in [0.29, 0.717) is 11.4 Å². The van der Waals surface area contributed by atoms with Gasteiger partial charge in [-0.1, -0.05) is 35.9 Å². The highest BCUT2D eigenvalue weighted by Gasteiger charge is 2.19. The first-order chi connectivity index (χ1) is 15.8. The molecule has 0 aliphatic carbocycles. The molecule has 0 aliphatic heterocycles. The van der Waals surface area contributed by atoms with E-state index < -0.39 is 28.5 Å². The number of rotatable bonds is 8. The molecule has 0 unspecified atom stereocenters.